The molecule has 2 heteroatoms. The fraction of sp³-hybridized carbons (Fsp3) is 0.955. The van der Waals surface area contributed by atoms with Crippen LogP contribution in [0.5, 0.6) is 0 Å². The number of methoxy groups -OCH3 is 1. The van der Waals surface area contributed by atoms with Crippen LogP contribution in [0.25, 0.3) is 0 Å². The molecular formula is C22H33NO. The number of hydrogen-bond donors (Lipinski definition) is 0. The lowest BCUT2D eigenvalue weighted by atomic mass is 9.44. The third-order valence-electron chi connectivity index (χ3n) is 9.86. The molecule has 0 saturated heterocycles. The Morgan fingerprint density at radius 2 is 1.71 bits per heavy atom. The largest absolute Gasteiger partial charge is 0.381 e. The van der Waals surface area contributed by atoms with E-state index in [1.54, 1.807) is 0 Å². The van der Waals surface area contributed by atoms with Crippen molar-refractivity contribution in [3.63, 3.8) is 0 Å². The molecule has 0 heterocycles. The van der Waals surface area contributed by atoms with E-state index in [0.29, 0.717) is 11.5 Å². The van der Waals surface area contributed by atoms with Crippen LogP contribution in [0.2, 0.25) is 0 Å². The maximum absolute atomic E-state index is 9.71. The minimum atomic E-state index is 0.205. The first-order valence-electron chi connectivity index (χ1n) is 10.5. The maximum Gasteiger partial charge on any atom is 0.0661 e. The Bertz CT molecular complexity index is 581. The zero-order valence-electron chi connectivity index (χ0n) is 15.6. The predicted octanol–water partition coefficient (Wildman–Crippen LogP) is 5.04. The van der Waals surface area contributed by atoms with E-state index >= 15 is 0 Å². The third kappa shape index (κ3) is 1.81. The second-order valence-electron chi connectivity index (χ2n) is 10.4. The topological polar surface area (TPSA) is 33.0 Å². The average Bonchev–Trinajstić information content (AvgIpc) is 3.28. The molecule has 1 unspecified atom stereocenters. The molecule has 0 aliphatic heterocycles. The number of nitriles is 1. The van der Waals surface area contributed by atoms with Crippen molar-refractivity contribution in [3.8, 4) is 6.07 Å². The molecule has 0 bridgehead atoms. The normalized spacial score (nSPS) is 61.1. The molecule has 24 heavy (non-hydrogen) atoms. The molecule has 0 spiro atoms. The molecule has 10 atom stereocenters. The van der Waals surface area contributed by atoms with Gasteiger partial charge < -0.3 is 4.74 Å². The van der Waals surface area contributed by atoms with E-state index in [1.165, 1.54) is 38.5 Å². The standard InChI is InChI=1S/C22H33NO/c1-21-9-8-13-10-16(13)18(21)7-5-15-17-6-4-14(12-23)22(17,2)11-19(24-3)20(15)21/h13-20H,4-11H2,1-3H3/t13-,14+,15-,16?,17-,18-,19-,20+,21-,22+/m0/s1. The first-order valence-corrected chi connectivity index (χ1v) is 10.5. The van der Waals surface area contributed by atoms with E-state index in [4.69, 9.17) is 4.74 Å². The van der Waals surface area contributed by atoms with Crippen molar-refractivity contribution in [1.82, 2.24) is 0 Å². The summed E-state index contributed by atoms with van der Waals surface area (Å²) in [5.41, 5.74) is 0.712. The van der Waals surface area contributed by atoms with Gasteiger partial charge in [0.2, 0.25) is 0 Å². The lowest BCUT2D eigenvalue weighted by Crippen LogP contribution is -2.59. The monoisotopic (exact) mass is 327 g/mol. The number of fused-ring (bicyclic) bond motifs is 7. The molecule has 0 aromatic carbocycles. The third-order valence-corrected chi connectivity index (χ3v) is 9.86. The van der Waals surface area contributed by atoms with Crippen LogP contribution in [-0.2, 0) is 4.74 Å². The van der Waals surface area contributed by atoms with Gasteiger partial charge in [0, 0.05) is 7.11 Å². The second-order valence-corrected chi connectivity index (χ2v) is 10.4. The highest BCUT2D eigenvalue weighted by molar-refractivity contribution is 5.17. The Balaban J connectivity index is 1.53. The first-order chi connectivity index (χ1) is 11.5. The molecule has 5 fully saturated rings. The Morgan fingerprint density at radius 1 is 0.958 bits per heavy atom. The van der Waals surface area contributed by atoms with Crippen LogP contribution >= 0.6 is 0 Å². The van der Waals surface area contributed by atoms with E-state index in [-0.39, 0.29) is 11.3 Å². The van der Waals surface area contributed by atoms with Crippen LogP contribution in [0, 0.1) is 63.6 Å². The SMILES string of the molecule is CO[C@H]1C[C@]2(C)[C@@H](C#N)CC[C@H]2[C@@H]2CC[C@H]3C4C[C@@H]4CC[C@]3(C)[C@H]21. The fourth-order valence-corrected chi connectivity index (χ4v) is 8.68. The summed E-state index contributed by atoms with van der Waals surface area (Å²) in [6, 6.07) is 2.67. The van der Waals surface area contributed by atoms with E-state index in [1.807, 2.05) is 7.11 Å². The smallest absolute Gasteiger partial charge is 0.0661 e. The van der Waals surface area contributed by atoms with Crippen LogP contribution in [0.3, 0.4) is 0 Å². The van der Waals surface area contributed by atoms with Crippen LogP contribution in [0.4, 0.5) is 0 Å². The van der Waals surface area contributed by atoms with Gasteiger partial charge in [-0.2, -0.15) is 5.26 Å². The Labute approximate surface area is 147 Å². The minimum Gasteiger partial charge on any atom is -0.381 e. The molecule has 0 N–H and O–H groups in total. The van der Waals surface area contributed by atoms with E-state index < -0.39 is 0 Å². The van der Waals surface area contributed by atoms with Gasteiger partial charge in [0.25, 0.3) is 0 Å². The molecule has 5 rings (SSSR count). The van der Waals surface area contributed by atoms with Crippen molar-refractivity contribution in [2.24, 2.45) is 52.3 Å². The quantitative estimate of drug-likeness (QED) is 0.676. The average molecular weight is 328 g/mol. The Morgan fingerprint density at radius 3 is 2.46 bits per heavy atom. The highest BCUT2D eigenvalue weighted by Crippen LogP contribution is 2.71. The van der Waals surface area contributed by atoms with Gasteiger partial charge in [-0.25, -0.2) is 0 Å². The second kappa shape index (κ2) is 5.00. The number of ether oxygens (including phenoxy) is 1. The summed E-state index contributed by atoms with van der Waals surface area (Å²) in [6.07, 6.45) is 11.2. The lowest BCUT2D eigenvalue weighted by molar-refractivity contribution is -0.177. The van der Waals surface area contributed by atoms with E-state index in [0.717, 1.165) is 48.3 Å². The van der Waals surface area contributed by atoms with Gasteiger partial charge in [-0.3, -0.25) is 0 Å². The molecule has 0 aromatic heterocycles. The highest BCUT2D eigenvalue weighted by Gasteiger charge is 2.66. The first kappa shape index (κ1) is 15.7. The van der Waals surface area contributed by atoms with Gasteiger partial charge >= 0.3 is 0 Å². The molecule has 5 aliphatic carbocycles. The summed E-state index contributed by atoms with van der Waals surface area (Å²) in [7, 11) is 1.94. The van der Waals surface area contributed by atoms with Gasteiger partial charge in [-0.05, 0) is 97.7 Å². The molecule has 0 radical (unpaired) electrons. The van der Waals surface area contributed by atoms with Crippen molar-refractivity contribution < 1.29 is 4.74 Å². The molecule has 2 nitrogen and oxygen atoms in total. The summed E-state index contributed by atoms with van der Waals surface area (Å²) in [4.78, 5) is 0. The van der Waals surface area contributed by atoms with E-state index in [2.05, 4.69) is 19.9 Å². The van der Waals surface area contributed by atoms with Gasteiger partial charge in [0.1, 0.15) is 0 Å². The lowest BCUT2D eigenvalue weighted by Gasteiger charge is -2.62. The zero-order valence-corrected chi connectivity index (χ0v) is 15.6. The summed E-state index contributed by atoms with van der Waals surface area (Å²) in [5, 5.41) is 9.71. The van der Waals surface area contributed by atoms with Crippen LogP contribution in [0.15, 0.2) is 0 Å². The maximum atomic E-state index is 9.71. The highest BCUT2D eigenvalue weighted by atomic mass is 16.5. The zero-order chi connectivity index (χ0) is 16.7. The molecule has 5 aliphatic rings. The predicted molar refractivity (Wildman–Crippen MR) is 94.0 cm³/mol. The molecule has 0 aromatic rings. The number of rotatable bonds is 1. The van der Waals surface area contributed by atoms with Gasteiger partial charge in [0.15, 0.2) is 0 Å². The fourth-order valence-electron chi connectivity index (χ4n) is 8.68. The van der Waals surface area contributed by atoms with Gasteiger partial charge in [-0.15, -0.1) is 0 Å². The van der Waals surface area contributed by atoms with Crippen LogP contribution in [0.1, 0.15) is 65.2 Å². The molecular weight excluding hydrogens is 294 g/mol. The number of hydrogen-bond acceptors (Lipinski definition) is 2. The summed E-state index contributed by atoms with van der Waals surface area (Å²) < 4.78 is 6.18. The molecule has 5 saturated carbocycles. The van der Waals surface area contributed by atoms with Crippen LogP contribution < -0.4 is 0 Å². The van der Waals surface area contributed by atoms with Crippen LogP contribution in [-0.4, -0.2) is 13.2 Å². The minimum absolute atomic E-state index is 0.205. The summed E-state index contributed by atoms with van der Waals surface area (Å²) >= 11 is 0. The van der Waals surface area contributed by atoms with Crippen molar-refractivity contribution in [1.29, 1.82) is 5.26 Å². The summed E-state index contributed by atoms with van der Waals surface area (Å²) in [6.45, 7) is 5.06. The Kier molecular flexibility index (Phi) is 3.27. The van der Waals surface area contributed by atoms with Crippen molar-refractivity contribution in [2.75, 3.05) is 7.11 Å². The summed E-state index contributed by atoms with van der Waals surface area (Å²) in [5.74, 6) is 5.67. The molecule has 0 amide bonds. The van der Waals surface area contributed by atoms with Crippen molar-refractivity contribution in [2.45, 2.75) is 71.3 Å². The number of nitrogens with zero attached hydrogens (tertiary/aromatic N) is 1. The van der Waals surface area contributed by atoms with Gasteiger partial charge in [-0.1, -0.05) is 13.8 Å². The molecule has 132 valence electrons. The van der Waals surface area contributed by atoms with Crippen molar-refractivity contribution in [3.05, 3.63) is 0 Å². The Hall–Kier alpha value is -0.550. The van der Waals surface area contributed by atoms with Gasteiger partial charge in [0.05, 0.1) is 18.1 Å². The van der Waals surface area contributed by atoms with Crippen molar-refractivity contribution >= 4 is 0 Å². The van der Waals surface area contributed by atoms with E-state index in [9.17, 15) is 5.26 Å².